The molecular formula is C16H20N4O3. The third-order valence-electron chi connectivity index (χ3n) is 3.97. The van der Waals surface area contributed by atoms with E-state index in [0.717, 1.165) is 12.2 Å². The highest BCUT2D eigenvalue weighted by molar-refractivity contribution is 5.96. The van der Waals surface area contributed by atoms with Crippen LogP contribution in [0.2, 0.25) is 0 Å². The number of hydrogen-bond acceptors (Lipinski definition) is 5. The molecule has 7 nitrogen and oxygen atoms in total. The summed E-state index contributed by atoms with van der Waals surface area (Å²) in [6.07, 6.45) is 5.22. The summed E-state index contributed by atoms with van der Waals surface area (Å²) in [7, 11) is 3.19. The van der Waals surface area contributed by atoms with Gasteiger partial charge in [0, 0.05) is 38.5 Å². The fourth-order valence-electron chi connectivity index (χ4n) is 2.93. The van der Waals surface area contributed by atoms with Crippen molar-refractivity contribution < 1.29 is 14.3 Å². The van der Waals surface area contributed by atoms with Crippen molar-refractivity contribution in [3.8, 4) is 5.88 Å². The van der Waals surface area contributed by atoms with Gasteiger partial charge in [-0.1, -0.05) is 0 Å². The molecule has 122 valence electrons. The molecule has 2 aromatic rings. The molecule has 3 rings (SSSR count). The molecule has 0 fully saturated rings. The van der Waals surface area contributed by atoms with Gasteiger partial charge in [-0.05, 0) is 12.1 Å². The van der Waals surface area contributed by atoms with Crippen molar-refractivity contribution in [2.45, 2.75) is 13.1 Å². The second-order valence-corrected chi connectivity index (χ2v) is 5.60. The lowest BCUT2D eigenvalue weighted by Crippen LogP contribution is -2.35. The van der Waals surface area contributed by atoms with Gasteiger partial charge in [-0.2, -0.15) is 0 Å². The van der Waals surface area contributed by atoms with E-state index in [4.69, 9.17) is 9.47 Å². The second kappa shape index (κ2) is 6.78. The third-order valence-corrected chi connectivity index (χ3v) is 3.97. The zero-order chi connectivity index (χ0) is 16.2. The molecule has 0 radical (unpaired) electrons. The van der Waals surface area contributed by atoms with Crippen LogP contribution in [-0.2, 0) is 17.8 Å². The number of ether oxygens (including phenoxy) is 2. The van der Waals surface area contributed by atoms with Crippen LogP contribution in [0.25, 0.3) is 0 Å². The number of aromatic nitrogens is 3. The lowest BCUT2D eigenvalue weighted by Gasteiger charge is -2.24. The first-order chi connectivity index (χ1) is 11.2. The lowest BCUT2D eigenvalue weighted by atomic mass is 10.1. The van der Waals surface area contributed by atoms with Crippen LogP contribution in [0.4, 0.5) is 0 Å². The van der Waals surface area contributed by atoms with Crippen molar-refractivity contribution in [3.05, 3.63) is 42.1 Å². The minimum absolute atomic E-state index is 0.0919. The number of hydrogen-bond donors (Lipinski definition) is 0. The van der Waals surface area contributed by atoms with E-state index < -0.39 is 0 Å². The molecule has 3 heterocycles. The topological polar surface area (TPSA) is 69.5 Å². The largest absolute Gasteiger partial charge is 0.480 e. The third kappa shape index (κ3) is 3.19. The molecule has 0 bridgehead atoms. The van der Waals surface area contributed by atoms with E-state index in [0.29, 0.717) is 31.1 Å². The van der Waals surface area contributed by atoms with Gasteiger partial charge in [0.2, 0.25) is 5.88 Å². The summed E-state index contributed by atoms with van der Waals surface area (Å²) in [4.78, 5) is 23.1. The molecular weight excluding hydrogens is 296 g/mol. The summed E-state index contributed by atoms with van der Waals surface area (Å²) in [5.74, 6) is 0.464. The van der Waals surface area contributed by atoms with Gasteiger partial charge in [0.05, 0.1) is 32.3 Å². The maximum absolute atomic E-state index is 12.9. The van der Waals surface area contributed by atoms with Gasteiger partial charge >= 0.3 is 0 Å². The molecule has 7 heteroatoms. The van der Waals surface area contributed by atoms with Crippen molar-refractivity contribution >= 4 is 5.91 Å². The molecule has 1 unspecified atom stereocenters. The van der Waals surface area contributed by atoms with Crippen molar-refractivity contribution in [1.29, 1.82) is 0 Å². The summed E-state index contributed by atoms with van der Waals surface area (Å²) in [5.41, 5.74) is 1.49. The molecule has 2 aromatic heterocycles. The van der Waals surface area contributed by atoms with Gasteiger partial charge in [0.25, 0.3) is 5.91 Å². The molecule has 0 aliphatic carbocycles. The summed E-state index contributed by atoms with van der Waals surface area (Å²) in [6.45, 7) is 2.51. The Bertz CT molecular complexity index is 685. The van der Waals surface area contributed by atoms with Gasteiger partial charge in [-0.3, -0.25) is 4.79 Å². The van der Waals surface area contributed by atoms with E-state index in [2.05, 4.69) is 14.5 Å². The minimum atomic E-state index is -0.0919. The van der Waals surface area contributed by atoms with E-state index in [1.807, 2.05) is 4.90 Å². The SMILES string of the molecule is COCC1CN(C(=O)c2cccnc2OC)Cc2cncn2C1. The number of pyridine rings is 1. The summed E-state index contributed by atoms with van der Waals surface area (Å²) in [6, 6.07) is 3.48. The number of carbonyl (C=O) groups excluding carboxylic acids is 1. The molecule has 0 N–H and O–H groups in total. The van der Waals surface area contributed by atoms with Crippen LogP contribution in [0, 0.1) is 5.92 Å². The van der Waals surface area contributed by atoms with Crippen LogP contribution in [0.15, 0.2) is 30.9 Å². The van der Waals surface area contributed by atoms with Crippen LogP contribution >= 0.6 is 0 Å². The summed E-state index contributed by atoms with van der Waals surface area (Å²) in [5, 5.41) is 0. The molecule has 0 spiro atoms. The Balaban J connectivity index is 1.89. The first-order valence-corrected chi connectivity index (χ1v) is 7.49. The van der Waals surface area contributed by atoms with Crippen molar-refractivity contribution in [2.75, 3.05) is 27.4 Å². The van der Waals surface area contributed by atoms with E-state index >= 15 is 0 Å². The van der Waals surface area contributed by atoms with E-state index in [9.17, 15) is 4.79 Å². The molecule has 1 amide bonds. The Morgan fingerprint density at radius 1 is 1.39 bits per heavy atom. The number of methoxy groups -OCH3 is 2. The average Bonchev–Trinajstić information content (AvgIpc) is 2.93. The monoisotopic (exact) mass is 316 g/mol. The Morgan fingerprint density at radius 3 is 3.04 bits per heavy atom. The standard InChI is InChI=1S/C16H20N4O3/c1-22-10-12-7-19(9-13-6-17-11-20(13)8-12)16(21)14-4-3-5-18-15(14)23-2/h3-6,11-12H,7-10H2,1-2H3. The highest BCUT2D eigenvalue weighted by Crippen LogP contribution is 2.22. The predicted molar refractivity (Wildman–Crippen MR) is 83.1 cm³/mol. The molecule has 0 saturated carbocycles. The highest BCUT2D eigenvalue weighted by atomic mass is 16.5. The van der Waals surface area contributed by atoms with Gasteiger partial charge in [-0.15, -0.1) is 0 Å². The lowest BCUT2D eigenvalue weighted by molar-refractivity contribution is 0.0663. The number of fused-ring (bicyclic) bond motifs is 1. The quantitative estimate of drug-likeness (QED) is 0.848. The number of carbonyl (C=O) groups is 1. The molecule has 1 aliphatic rings. The minimum Gasteiger partial charge on any atom is -0.480 e. The number of nitrogens with zero attached hydrogens (tertiary/aromatic N) is 4. The first-order valence-electron chi connectivity index (χ1n) is 7.49. The Morgan fingerprint density at radius 2 is 2.26 bits per heavy atom. The highest BCUT2D eigenvalue weighted by Gasteiger charge is 2.27. The Hall–Kier alpha value is -2.41. The van der Waals surface area contributed by atoms with Crippen LogP contribution in [-0.4, -0.2) is 52.7 Å². The fourth-order valence-corrected chi connectivity index (χ4v) is 2.93. The normalized spacial score (nSPS) is 17.5. The Kier molecular flexibility index (Phi) is 4.57. The first kappa shape index (κ1) is 15.5. The van der Waals surface area contributed by atoms with Gasteiger partial charge < -0.3 is 18.9 Å². The maximum Gasteiger partial charge on any atom is 0.259 e. The smallest absolute Gasteiger partial charge is 0.259 e. The van der Waals surface area contributed by atoms with Crippen LogP contribution in [0.3, 0.4) is 0 Å². The average molecular weight is 316 g/mol. The molecule has 23 heavy (non-hydrogen) atoms. The zero-order valence-electron chi connectivity index (χ0n) is 13.3. The van der Waals surface area contributed by atoms with Crippen LogP contribution in [0.5, 0.6) is 5.88 Å². The molecule has 0 saturated heterocycles. The predicted octanol–water partition coefficient (Wildman–Crippen LogP) is 1.21. The second-order valence-electron chi connectivity index (χ2n) is 5.60. The van der Waals surface area contributed by atoms with E-state index in [-0.39, 0.29) is 11.8 Å². The zero-order valence-corrected chi connectivity index (χ0v) is 13.3. The van der Waals surface area contributed by atoms with Gasteiger partial charge in [-0.25, -0.2) is 9.97 Å². The summed E-state index contributed by atoms with van der Waals surface area (Å²) < 4.78 is 12.6. The maximum atomic E-state index is 12.9. The van der Waals surface area contributed by atoms with E-state index in [1.54, 1.807) is 38.0 Å². The van der Waals surface area contributed by atoms with Gasteiger partial charge in [0.15, 0.2) is 0 Å². The summed E-state index contributed by atoms with van der Waals surface area (Å²) >= 11 is 0. The van der Waals surface area contributed by atoms with Crippen molar-refractivity contribution in [1.82, 2.24) is 19.4 Å². The molecule has 0 aromatic carbocycles. The fraction of sp³-hybridized carbons (Fsp3) is 0.438. The number of imidazole rings is 1. The van der Waals surface area contributed by atoms with Crippen molar-refractivity contribution in [3.63, 3.8) is 0 Å². The van der Waals surface area contributed by atoms with Gasteiger partial charge in [0.1, 0.15) is 5.56 Å². The molecule has 1 atom stereocenters. The van der Waals surface area contributed by atoms with Crippen molar-refractivity contribution in [2.24, 2.45) is 5.92 Å². The van der Waals surface area contributed by atoms with E-state index in [1.165, 1.54) is 7.11 Å². The van der Waals surface area contributed by atoms with Crippen LogP contribution < -0.4 is 4.74 Å². The Labute approximate surface area is 134 Å². The number of rotatable bonds is 4. The number of amides is 1. The van der Waals surface area contributed by atoms with Crippen LogP contribution in [0.1, 0.15) is 16.1 Å². The molecule has 1 aliphatic heterocycles.